The quantitative estimate of drug-likeness (QED) is 0.458. The van der Waals surface area contributed by atoms with Gasteiger partial charge in [0.15, 0.2) is 5.17 Å². The smallest absolute Gasteiger partial charge is 0.240 e. The van der Waals surface area contributed by atoms with E-state index >= 15 is 0 Å². The van der Waals surface area contributed by atoms with Gasteiger partial charge < -0.3 is 5.32 Å². The fourth-order valence-electron chi connectivity index (χ4n) is 2.45. The Balaban J connectivity index is 2.05. The van der Waals surface area contributed by atoms with Gasteiger partial charge in [-0.1, -0.05) is 44.2 Å². The molecule has 5 nitrogen and oxygen atoms in total. The van der Waals surface area contributed by atoms with E-state index in [1.54, 1.807) is 6.21 Å². The van der Waals surface area contributed by atoms with Crippen LogP contribution in [0.5, 0.6) is 0 Å². The molecule has 1 amide bonds. The molecule has 0 bridgehead atoms. The Morgan fingerprint density at radius 1 is 1.38 bits per heavy atom. The van der Waals surface area contributed by atoms with Crippen molar-refractivity contribution in [2.24, 2.45) is 10.2 Å². The first-order valence-electron chi connectivity index (χ1n) is 7.92. The van der Waals surface area contributed by atoms with E-state index in [1.807, 2.05) is 6.07 Å². The molecule has 7 heteroatoms. The minimum Gasteiger partial charge on any atom is -0.303 e. The summed E-state index contributed by atoms with van der Waals surface area (Å²) in [5, 5.41) is 9.97. The Labute approximate surface area is 150 Å². The monoisotopic (exact) mass is 365 g/mol. The first kappa shape index (κ1) is 18.7. The molecule has 1 fully saturated rings. The van der Waals surface area contributed by atoms with Gasteiger partial charge in [0.05, 0.1) is 11.5 Å². The van der Waals surface area contributed by atoms with E-state index in [0.717, 1.165) is 24.8 Å². The summed E-state index contributed by atoms with van der Waals surface area (Å²) in [5.41, 5.74) is 3.66. The fourth-order valence-corrected chi connectivity index (χ4v) is 3.62. The van der Waals surface area contributed by atoms with Gasteiger partial charge in [-0.3, -0.25) is 9.59 Å². The molecule has 1 atom stereocenters. The number of amides is 1. The Kier molecular flexibility index (Phi) is 6.99. The summed E-state index contributed by atoms with van der Waals surface area (Å²) in [6.45, 7) is 4.31. The molecule has 0 aromatic heterocycles. The SMILES string of the molecule is CCCc1cc(/C=N/N=C2/NC(=O)C(CC(=O)Cl)S2)ccc1CC. The molecule has 1 heterocycles. The normalized spacial score (nSPS) is 19.2. The standard InChI is InChI=1S/C17H20ClN3O2S/c1-3-5-13-8-11(6-7-12(13)4-2)10-19-21-17-20-16(23)14(24-17)9-15(18)22/h6-8,10,14H,3-5,9H2,1-2H3,(H,20,21,23)/b19-10+. The van der Waals surface area contributed by atoms with Crippen LogP contribution in [0.15, 0.2) is 28.4 Å². The molecule has 2 rings (SSSR count). The maximum atomic E-state index is 11.7. The van der Waals surface area contributed by atoms with E-state index in [2.05, 4.69) is 41.5 Å². The van der Waals surface area contributed by atoms with Crippen molar-refractivity contribution in [1.29, 1.82) is 0 Å². The Morgan fingerprint density at radius 3 is 2.83 bits per heavy atom. The molecular weight excluding hydrogens is 346 g/mol. The van der Waals surface area contributed by atoms with E-state index in [4.69, 9.17) is 11.6 Å². The topological polar surface area (TPSA) is 70.9 Å². The predicted molar refractivity (Wildman–Crippen MR) is 99.8 cm³/mol. The number of nitrogens with zero attached hydrogens (tertiary/aromatic N) is 2. The van der Waals surface area contributed by atoms with Crippen LogP contribution in [0.3, 0.4) is 0 Å². The van der Waals surface area contributed by atoms with Crippen molar-refractivity contribution in [3.05, 3.63) is 34.9 Å². The molecule has 0 spiro atoms. The second kappa shape index (κ2) is 8.99. The molecule has 1 aliphatic heterocycles. The van der Waals surface area contributed by atoms with Crippen LogP contribution in [-0.4, -0.2) is 27.8 Å². The highest BCUT2D eigenvalue weighted by atomic mass is 35.5. The molecule has 1 saturated heterocycles. The van der Waals surface area contributed by atoms with Crippen LogP contribution in [-0.2, 0) is 22.4 Å². The number of nitrogens with one attached hydrogen (secondary N) is 1. The van der Waals surface area contributed by atoms with Gasteiger partial charge in [-0.2, -0.15) is 5.10 Å². The number of benzene rings is 1. The Morgan fingerprint density at radius 2 is 2.17 bits per heavy atom. The van der Waals surface area contributed by atoms with Crippen LogP contribution in [0.25, 0.3) is 0 Å². The number of aryl methyl sites for hydroxylation is 2. The van der Waals surface area contributed by atoms with E-state index in [0.29, 0.717) is 5.17 Å². The van der Waals surface area contributed by atoms with Crippen molar-refractivity contribution >= 4 is 45.9 Å². The van der Waals surface area contributed by atoms with Crippen molar-refractivity contribution < 1.29 is 9.59 Å². The molecule has 0 radical (unpaired) electrons. The molecule has 0 aliphatic carbocycles. The minimum absolute atomic E-state index is 0.0142. The highest BCUT2D eigenvalue weighted by Gasteiger charge is 2.31. The summed E-state index contributed by atoms with van der Waals surface area (Å²) in [5.74, 6) is -0.263. The van der Waals surface area contributed by atoms with Crippen LogP contribution in [0.1, 0.15) is 43.4 Å². The lowest BCUT2D eigenvalue weighted by molar-refractivity contribution is -0.121. The highest BCUT2D eigenvalue weighted by molar-refractivity contribution is 8.15. The summed E-state index contributed by atoms with van der Waals surface area (Å²) < 4.78 is 0. The predicted octanol–water partition coefficient (Wildman–Crippen LogP) is 3.28. The van der Waals surface area contributed by atoms with Gasteiger partial charge in [0.25, 0.3) is 0 Å². The number of rotatable bonds is 7. The van der Waals surface area contributed by atoms with Crippen LogP contribution >= 0.6 is 23.4 Å². The second-order valence-electron chi connectivity index (χ2n) is 5.44. The van der Waals surface area contributed by atoms with Gasteiger partial charge >= 0.3 is 0 Å². The van der Waals surface area contributed by atoms with Crippen LogP contribution in [0.2, 0.25) is 0 Å². The Bertz CT molecular complexity index is 688. The van der Waals surface area contributed by atoms with Gasteiger partial charge in [-0.15, -0.1) is 5.10 Å². The van der Waals surface area contributed by atoms with Gasteiger partial charge in [0, 0.05) is 6.42 Å². The Hall–Kier alpha value is -1.66. The second-order valence-corrected chi connectivity index (χ2v) is 7.05. The minimum atomic E-state index is -0.535. The van der Waals surface area contributed by atoms with Gasteiger partial charge in [0.2, 0.25) is 11.1 Å². The average molecular weight is 366 g/mol. The van der Waals surface area contributed by atoms with Crippen LogP contribution in [0.4, 0.5) is 0 Å². The van der Waals surface area contributed by atoms with Crippen molar-refractivity contribution in [2.45, 2.75) is 44.8 Å². The number of hydrogen-bond donors (Lipinski definition) is 1. The number of carbonyl (C=O) groups is 2. The molecule has 1 aliphatic rings. The van der Waals surface area contributed by atoms with Gasteiger partial charge in [-0.25, -0.2) is 0 Å². The highest BCUT2D eigenvalue weighted by Crippen LogP contribution is 2.23. The third-order valence-electron chi connectivity index (χ3n) is 3.61. The summed E-state index contributed by atoms with van der Waals surface area (Å²) >= 11 is 6.49. The van der Waals surface area contributed by atoms with E-state index < -0.39 is 10.5 Å². The molecule has 1 N–H and O–H groups in total. The van der Waals surface area contributed by atoms with Crippen molar-refractivity contribution in [3.8, 4) is 0 Å². The van der Waals surface area contributed by atoms with Crippen LogP contribution < -0.4 is 5.32 Å². The molecule has 24 heavy (non-hydrogen) atoms. The van der Waals surface area contributed by atoms with Crippen molar-refractivity contribution in [2.75, 3.05) is 0 Å². The maximum Gasteiger partial charge on any atom is 0.240 e. The maximum absolute atomic E-state index is 11.7. The zero-order valence-corrected chi connectivity index (χ0v) is 15.3. The van der Waals surface area contributed by atoms with Crippen molar-refractivity contribution in [1.82, 2.24) is 5.32 Å². The summed E-state index contributed by atoms with van der Waals surface area (Å²) in [4.78, 5) is 22.6. The van der Waals surface area contributed by atoms with E-state index in [9.17, 15) is 9.59 Å². The van der Waals surface area contributed by atoms with E-state index in [1.165, 1.54) is 22.9 Å². The molecule has 128 valence electrons. The average Bonchev–Trinajstić information content (AvgIpc) is 2.87. The third kappa shape index (κ3) is 5.18. The fraction of sp³-hybridized carbons (Fsp3) is 0.412. The van der Waals surface area contributed by atoms with Crippen molar-refractivity contribution in [3.63, 3.8) is 0 Å². The first-order valence-corrected chi connectivity index (χ1v) is 9.17. The molecule has 1 aromatic carbocycles. The number of halogens is 1. The third-order valence-corrected chi connectivity index (χ3v) is 4.83. The van der Waals surface area contributed by atoms with Gasteiger partial charge in [-0.05, 0) is 47.2 Å². The largest absolute Gasteiger partial charge is 0.303 e. The number of carbonyl (C=O) groups excluding carboxylic acids is 2. The van der Waals surface area contributed by atoms with Crippen LogP contribution in [0, 0.1) is 0 Å². The lowest BCUT2D eigenvalue weighted by Crippen LogP contribution is -2.25. The number of thioether (sulfide) groups is 1. The zero-order chi connectivity index (χ0) is 17.5. The number of amidine groups is 1. The zero-order valence-electron chi connectivity index (χ0n) is 13.7. The first-order chi connectivity index (χ1) is 11.5. The molecule has 0 saturated carbocycles. The van der Waals surface area contributed by atoms with E-state index in [-0.39, 0.29) is 12.3 Å². The van der Waals surface area contributed by atoms with Gasteiger partial charge in [0.1, 0.15) is 0 Å². The summed E-state index contributed by atoms with van der Waals surface area (Å²) in [6.07, 6.45) is 4.80. The summed E-state index contributed by atoms with van der Waals surface area (Å²) in [7, 11) is 0. The number of hydrogen-bond acceptors (Lipinski definition) is 5. The lowest BCUT2D eigenvalue weighted by atomic mass is 9.99. The lowest BCUT2D eigenvalue weighted by Gasteiger charge is -2.07. The molecule has 1 unspecified atom stereocenters. The summed E-state index contributed by atoms with van der Waals surface area (Å²) in [6, 6.07) is 6.26. The molecular formula is C17H20ClN3O2S. The molecule has 1 aromatic rings.